The Hall–Kier alpha value is -0.840. The SMILES string of the molecule is CCNCc1cc(COCC2CCCCO2)oc1C. The van der Waals surface area contributed by atoms with Crippen LogP contribution in [0.15, 0.2) is 10.5 Å². The molecule has 0 radical (unpaired) electrons. The molecule has 4 heteroatoms. The van der Waals surface area contributed by atoms with Crippen molar-refractivity contribution in [3.05, 3.63) is 23.2 Å². The standard InChI is InChI=1S/C15H25NO3/c1-3-16-9-13-8-15(19-12(13)2)11-17-10-14-6-4-5-7-18-14/h8,14,16H,3-7,9-11H2,1-2H3. The second-order valence-corrected chi connectivity index (χ2v) is 5.08. The fourth-order valence-electron chi connectivity index (χ4n) is 2.32. The first-order valence-electron chi connectivity index (χ1n) is 7.28. The highest BCUT2D eigenvalue weighted by Gasteiger charge is 2.14. The number of rotatable bonds is 7. The van der Waals surface area contributed by atoms with Gasteiger partial charge < -0.3 is 19.2 Å². The number of furan rings is 1. The number of nitrogens with one attached hydrogen (secondary N) is 1. The summed E-state index contributed by atoms with van der Waals surface area (Å²) in [5.41, 5.74) is 1.22. The maximum absolute atomic E-state index is 5.70. The highest BCUT2D eigenvalue weighted by atomic mass is 16.5. The Morgan fingerprint density at radius 3 is 3.05 bits per heavy atom. The molecule has 1 aromatic heterocycles. The van der Waals surface area contributed by atoms with E-state index in [9.17, 15) is 0 Å². The molecule has 0 amide bonds. The van der Waals surface area contributed by atoms with Gasteiger partial charge in [0.25, 0.3) is 0 Å². The largest absolute Gasteiger partial charge is 0.464 e. The summed E-state index contributed by atoms with van der Waals surface area (Å²) in [6.07, 6.45) is 3.82. The van der Waals surface area contributed by atoms with Crippen molar-refractivity contribution in [3.63, 3.8) is 0 Å². The third kappa shape index (κ3) is 4.64. The molecule has 1 unspecified atom stereocenters. The molecule has 108 valence electrons. The minimum atomic E-state index is 0.269. The summed E-state index contributed by atoms with van der Waals surface area (Å²) in [6.45, 7) is 8.01. The fourth-order valence-corrected chi connectivity index (χ4v) is 2.32. The van der Waals surface area contributed by atoms with Gasteiger partial charge in [0.2, 0.25) is 0 Å². The Labute approximate surface area is 115 Å². The molecular formula is C15H25NO3. The minimum absolute atomic E-state index is 0.269. The molecule has 1 saturated heterocycles. The Morgan fingerprint density at radius 2 is 2.32 bits per heavy atom. The molecule has 19 heavy (non-hydrogen) atoms. The summed E-state index contributed by atoms with van der Waals surface area (Å²) in [5.74, 6) is 1.88. The lowest BCUT2D eigenvalue weighted by atomic mass is 10.1. The van der Waals surface area contributed by atoms with Crippen molar-refractivity contribution in [1.29, 1.82) is 0 Å². The third-order valence-corrected chi connectivity index (χ3v) is 3.46. The van der Waals surface area contributed by atoms with Crippen LogP contribution in [0.2, 0.25) is 0 Å². The molecule has 1 N–H and O–H groups in total. The van der Waals surface area contributed by atoms with Gasteiger partial charge in [-0.3, -0.25) is 0 Å². The van der Waals surface area contributed by atoms with Crippen LogP contribution in [-0.2, 0) is 22.6 Å². The van der Waals surface area contributed by atoms with E-state index in [1.54, 1.807) is 0 Å². The highest BCUT2D eigenvalue weighted by Crippen LogP contribution is 2.17. The summed E-state index contributed by atoms with van der Waals surface area (Å²) in [7, 11) is 0. The van der Waals surface area contributed by atoms with Gasteiger partial charge in [0.1, 0.15) is 18.1 Å². The minimum Gasteiger partial charge on any atom is -0.464 e. The second kappa shape index (κ2) is 7.68. The predicted molar refractivity (Wildman–Crippen MR) is 74.1 cm³/mol. The van der Waals surface area contributed by atoms with E-state index in [0.717, 1.165) is 37.6 Å². The van der Waals surface area contributed by atoms with Crippen LogP contribution in [0.3, 0.4) is 0 Å². The van der Waals surface area contributed by atoms with Crippen molar-refractivity contribution in [3.8, 4) is 0 Å². The van der Waals surface area contributed by atoms with Crippen LogP contribution < -0.4 is 5.32 Å². The molecule has 0 bridgehead atoms. The first-order chi connectivity index (χ1) is 9.29. The molecule has 2 rings (SSSR count). The summed E-state index contributed by atoms with van der Waals surface area (Å²) in [5, 5.41) is 3.31. The van der Waals surface area contributed by atoms with E-state index in [-0.39, 0.29) is 6.10 Å². The monoisotopic (exact) mass is 267 g/mol. The van der Waals surface area contributed by atoms with E-state index in [1.807, 2.05) is 6.92 Å². The van der Waals surface area contributed by atoms with Gasteiger partial charge in [-0.1, -0.05) is 6.92 Å². The van der Waals surface area contributed by atoms with E-state index in [0.29, 0.717) is 13.2 Å². The second-order valence-electron chi connectivity index (χ2n) is 5.08. The lowest BCUT2D eigenvalue weighted by Gasteiger charge is -2.21. The maximum atomic E-state index is 5.70. The number of aryl methyl sites for hydroxylation is 1. The number of ether oxygens (including phenoxy) is 2. The van der Waals surface area contributed by atoms with Crippen LogP contribution in [0.4, 0.5) is 0 Å². The Balaban J connectivity index is 1.72. The highest BCUT2D eigenvalue weighted by molar-refractivity contribution is 5.20. The lowest BCUT2D eigenvalue weighted by Crippen LogP contribution is -2.24. The Morgan fingerprint density at radius 1 is 1.42 bits per heavy atom. The fraction of sp³-hybridized carbons (Fsp3) is 0.733. The van der Waals surface area contributed by atoms with Gasteiger partial charge in [-0.2, -0.15) is 0 Å². The van der Waals surface area contributed by atoms with Gasteiger partial charge in [0.05, 0.1) is 12.7 Å². The van der Waals surface area contributed by atoms with Gasteiger partial charge in [0.15, 0.2) is 0 Å². The van der Waals surface area contributed by atoms with Crippen LogP contribution in [0.5, 0.6) is 0 Å². The van der Waals surface area contributed by atoms with Gasteiger partial charge >= 0.3 is 0 Å². The maximum Gasteiger partial charge on any atom is 0.130 e. The van der Waals surface area contributed by atoms with Crippen molar-refractivity contribution in [2.75, 3.05) is 19.8 Å². The molecule has 0 saturated carbocycles. The molecule has 1 atom stereocenters. The summed E-state index contributed by atoms with van der Waals surface area (Å²) in [6, 6.07) is 2.08. The summed E-state index contributed by atoms with van der Waals surface area (Å²) < 4.78 is 17.0. The van der Waals surface area contributed by atoms with E-state index >= 15 is 0 Å². The summed E-state index contributed by atoms with van der Waals surface area (Å²) >= 11 is 0. The Kier molecular flexibility index (Phi) is 5.89. The zero-order valence-electron chi connectivity index (χ0n) is 12.0. The lowest BCUT2D eigenvalue weighted by molar-refractivity contribution is -0.0472. The molecule has 0 aliphatic carbocycles. The topological polar surface area (TPSA) is 43.6 Å². The number of hydrogen-bond donors (Lipinski definition) is 1. The van der Waals surface area contributed by atoms with Crippen molar-refractivity contribution in [1.82, 2.24) is 5.32 Å². The molecule has 1 fully saturated rings. The zero-order valence-corrected chi connectivity index (χ0v) is 12.0. The van der Waals surface area contributed by atoms with Gasteiger partial charge in [-0.25, -0.2) is 0 Å². The van der Waals surface area contributed by atoms with Crippen LogP contribution >= 0.6 is 0 Å². The van der Waals surface area contributed by atoms with Crippen LogP contribution in [0.25, 0.3) is 0 Å². The van der Waals surface area contributed by atoms with Crippen molar-refractivity contribution in [2.24, 2.45) is 0 Å². The van der Waals surface area contributed by atoms with E-state index in [2.05, 4.69) is 18.3 Å². The van der Waals surface area contributed by atoms with E-state index in [4.69, 9.17) is 13.9 Å². The molecule has 4 nitrogen and oxygen atoms in total. The molecule has 1 aromatic rings. The van der Waals surface area contributed by atoms with E-state index < -0.39 is 0 Å². The smallest absolute Gasteiger partial charge is 0.130 e. The quantitative estimate of drug-likeness (QED) is 0.825. The van der Waals surface area contributed by atoms with Crippen molar-refractivity contribution in [2.45, 2.75) is 52.4 Å². The normalized spacial score (nSPS) is 19.8. The van der Waals surface area contributed by atoms with E-state index in [1.165, 1.54) is 18.4 Å². The molecule has 0 aromatic carbocycles. The van der Waals surface area contributed by atoms with Crippen molar-refractivity contribution >= 4 is 0 Å². The van der Waals surface area contributed by atoms with Gasteiger partial charge in [-0.05, 0) is 38.8 Å². The molecular weight excluding hydrogens is 242 g/mol. The molecule has 2 heterocycles. The third-order valence-electron chi connectivity index (χ3n) is 3.46. The van der Waals surface area contributed by atoms with Gasteiger partial charge in [0, 0.05) is 18.7 Å². The first-order valence-corrected chi connectivity index (χ1v) is 7.28. The Bertz CT molecular complexity index is 369. The first kappa shape index (κ1) is 14.6. The zero-order chi connectivity index (χ0) is 13.5. The number of hydrogen-bond acceptors (Lipinski definition) is 4. The summed E-state index contributed by atoms with van der Waals surface area (Å²) in [4.78, 5) is 0. The van der Waals surface area contributed by atoms with Crippen LogP contribution in [0, 0.1) is 6.92 Å². The van der Waals surface area contributed by atoms with Gasteiger partial charge in [-0.15, -0.1) is 0 Å². The molecule has 1 aliphatic heterocycles. The average Bonchev–Trinajstić information content (AvgIpc) is 2.78. The molecule has 1 aliphatic rings. The van der Waals surface area contributed by atoms with Crippen LogP contribution in [0.1, 0.15) is 43.3 Å². The predicted octanol–water partition coefficient (Wildman–Crippen LogP) is 2.78. The van der Waals surface area contributed by atoms with Crippen molar-refractivity contribution < 1.29 is 13.9 Å². The van der Waals surface area contributed by atoms with Crippen LogP contribution in [-0.4, -0.2) is 25.9 Å². The molecule has 0 spiro atoms. The average molecular weight is 267 g/mol.